The van der Waals surface area contributed by atoms with Crippen LogP contribution >= 0.6 is 23.4 Å². The van der Waals surface area contributed by atoms with Crippen molar-refractivity contribution >= 4 is 35.1 Å². The quantitative estimate of drug-likeness (QED) is 0.717. The van der Waals surface area contributed by atoms with E-state index in [1.54, 1.807) is 4.90 Å². The van der Waals surface area contributed by atoms with Gasteiger partial charge in [0.15, 0.2) is 5.16 Å². The van der Waals surface area contributed by atoms with E-state index in [2.05, 4.69) is 15.5 Å². The van der Waals surface area contributed by atoms with Crippen molar-refractivity contribution in [3.8, 4) is 0 Å². The molecule has 1 N–H and O–H groups in total. The smallest absolute Gasteiger partial charge is 0.324 e. The van der Waals surface area contributed by atoms with E-state index in [-0.39, 0.29) is 11.6 Å². The molecule has 2 aromatic rings. The molecule has 0 radical (unpaired) electrons. The molecule has 1 aromatic heterocycles. The van der Waals surface area contributed by atoms with Crippen molar-refractivity contribution in [3.63, 3.8) is 0 Å². The lowest BCUT2D eigenvalue weighted by Crippen LogP contribution is -2.42. The Labute approximate surface area is 169 Å². The van der Waals surface area contributed by atoms with Crippen LogP contribution in [0.2, 0.25) is 5.02 Å². The van der Waals surface area contributed by atoms with E-state index < -0.39 is 22.8 Å². The number of thioether (sulfide) groups is 1. The third-order valence-corrected chi connectivity index (χ3v) is 5.70. The van der Waals surface area contributed by atoms with E-state index in [0.717, 1.165) is 36.0 Å². The third kappa shape index (κ3) is 4.38. The lowest BCUT2D eigenvalue weighted by atomic mass is 9.97. The van der Waals surface area contributed by atoms with Crippen LogP contribution in [-0.2, 0) is 13.2 Å². The van der Waals surface area contributed by atoms with Gasteiger partial charge in [0.25, 0.3) is 0 Å². The number of likely N-dealkylation sites (tertiary alicyclic amines) is 1. The standard InChI is InChI=1S/C17H19ClF3N5OS/c1-25-14(23-24-16(25)28-2)10-4-3-7-26(9-10)15(27)22-11-5-6-13(18)12(8-11)17(19,20)21/h5-6,8,10H,3-4,7,9H2,1-2H3,(H,22,27). The summed E-state index contributed by atoms with van der Waals surface area (Å²) in [7, 11) is 1.88. The first kappa shape index (κ1) is 20.8. The van der Waals surface area contributed by atoms with Crippen LogP contribution in [0.4, 0.5) is 23.7 Å². The Morgan fingerprint density at radius 3 is 2.75 bits per heavy atom. The summed E-state index contributed by atoms with van der Waals surface area (Å²) >= 11 is 7.11. The number of alkyl halides is 3. The molecule has 3 rings (SSSR count). The van der Waals surface area contributed by atoms with Crippen LogP contribution in [0.1, 0.15) is 30.1 Å². The number of anilines is 1. The van der Waals surface area contributed by atoms with E-state index in [0.29, 0.717) is 13.1 Å². The Kier molecular flexibility index (Phi) is 6.09. The van der Waals surface area contributed by atoms with Gasteiger partial charge < -0.3 is 14.8 Å². The second-order valence-electron chi connectivity index (χ2n) is 6.51. The number of aromatic nitrogens is 3. The van der Waals surface area contributed by atoms with Crippen molar-refractivity contribution in [3.05, 3.63) is 34.6 Å². The molecular formula is C17H19ClF3N5OS. The highest BCUT2D eigenvalue weighted by Gasteiger charge is 2.34. The third-order valence-electron chi connectivity index (χ3n) is 4.65. The maximum Gasteiger partial charge on any atom is 0.417 e. The van der Waals surface area contributed by atoms with Gasteiger partial charge in [-0.2, -0.15) is 13.2 Å². The number of hydrogen-bond acceptors (Lipinski definition) is 4. The van der Waals surface area contributed by atoms with E-state index in [4.69, 9.17) is 11.6 Å². The van der Waals surface area contributed by atoms with Gasteiger partial charge in [0, 0.05) is 31.7 Å². The Balaban J connectivity index is 1.72. The molecule has 0 bridgehead atoms. The minimum atomic E-state index is -4.59. The van der Waals surface area contributed by atoms with E-state index in [1.807, 2.05) is 17.9 Å². The van der Waals surface area contributed by atoms with Crippen LogP contribution < -0.4 is 5.32 Å². The first-order chi connectivity index (χ1) is 13.2. The molecule has 152 valence electrons. The molecule has 1 fully saturated rings. The molecule has 1 aliphatic rings. The van der Waals surface area contributed by atoms with Gasteiger partial charge >= 0.3 is 12.2 Å². The van der Waals surface area contributed by atoms with Gasteiger partial charge in [-0.3, -0.25) is 0 Å². The van der Waals surface area contributed by atoms with Crippen LogP contribution in [0, 0.1) is 0 Å². The molecule has 0 spiro atoms. The maximum atomic E-state index is 13.0. The molecule has 1 aliphatic heterocycles. The summed E-state index contributed by atoms with van der Waals surface area (Å²) in [5.41, 5.74) is -0.931. The highest BCUT2D eigenvalue weighted by molar-refractivity contribution is 7.98. The molecule has 1 atom stereocenters. The summed E-state index contributed by atoms with van der Waals surface area (Å²) in [4.78, 5) is 14.2. The SMILES string of the molecule is CSc1nnc(C2CCCN(C(=O)Nc3ccc(Cl)c(C(F)(F)F)c3)C2)n1C. The van der Waals surface area contributed by atoms with Crippen molar-refractivity contribution in [1.82, 2.24) is 19.7 Å². The number of amides is 2. The van der Waals surface area contributed by atoms with Crippen LogP contribution in [0.25, 0.3) is 0 Å². The van der Waals surface area contributed by atoms with Crippen LogP contribution in [0.15, 0.2) is 23.4 Å². The number of piperidine rings is 1. The van der Waals surface area contributed by atoms with Crippen LogP contribution in [0.3, 0.4) is 0 Å². The van der Waals surface area contributed by atoms with Gasteiger partial charge in [0.2, 0.25) is 0 Å². The minimum Gasteiger partial charge on any atom is -0.324 e. The number of benzene rings is 1. The number of carbonyl (C=O) groups excluding carboxylic acids is 1. The Morgan fingerprint density at radius 2 is 2.11 bits per heavy atom. The predicted octanol–water partition coefficient (Wildman–Crippen LogP) is 4.62. The lowest BCUT2D eigenvalue weighted by Gasteiger charge is -2.32. The molecule has 1 aromatic carbocycles. The molecule has 28 heavy (non-hydrogen) atoms. The summed E-state index contributed by atoms with van der Waals surface area (Å²) in [6, 6.07) is 2.87. The molecule has 6 nitrogen and oxygen atoms in total. The van der Waals surface area contributed by atoms with Gasteiger partial charge in [-0.25, -0.2) is 4.79 Å². The van der Waals surface area contributed by atoms with Crippen molar-refractivity contribution < 1.29 is 18.0 Å². The number of rotatable bonds is 3. The lowest BCUT2D eigenvalue weighted by molar-refractivity contribution is -0.137. The normalized spacial score (nSPS) is 17.6. The topological polar surface area (TPSA) is 63.1 Å². The van der Waals surface area contributed by atoms with Crippen molar-refractivity contribution in [2.45, 2.75) is 30.1 Å². The van der Waals surface area contributed by atoms with Gasteiger partial charge in [0.05, 0.1) is 10.6 Å². The summed E-state index contributed by atoms with van der Waals surface area (Å²) in [5, 5.41) is 11.3. The minimum absolute atomic E-state index is 0.0221. The second-order valence-corrected chi connectivity index (χ2v) is 7.69. The highest BCUT2D eigenvalue weighted by atomic mass is 35.5. The van der Waals surface area contributed by atoms with Crippen LogP contribution in [-0.4, -0.2) is 45.0 Å². The summed E-state index contributed by atoms with van der Waals surface area (Å²) in [6.07, 6.45) is -1.04. The number of hydrogen-bond donors (Lipinski definition) is 1. The van der Waals surface area contributed by atoms with E-state index >= 15 is 0 Å². The molecular weight excluding hydrogens is 415 g/mol. The average molecular weight is 434 g/mol. The maximum absolute atomic E-state index is 13.0. The second kappa shape index (κ2) is 8.20. The molecule has 2 amide bonds. The summed E-state index contributed by atoms with van der Waals surface area (Å²) < 4.78 is 40.9. The zero-order valence-corrected chi connectivity index (χ0v) is 16.8. The summed E-state index contributed by atoms with van der Waals surface area (Å²) in [5.74, 6) is 0.821. The highest BCUT2D eigenvalue weighted by Crippen LogP contribution is 2.36. The molecule has 0 aliphatic carbocycles. The molecule has 2 heterocycles. The Hall–Kier alpha value is -1.94. The van der Waals surface area contributed by atoms with Crippen molar-refractivity contribution in [1.29, 1.82) is 0 Å². The fraction of sp³-hybridized carbons (Fsp3) is 0.471. The van der Waals surface area contributed by atoms with Gasteiger partial charge in [-0.1, -0.05) is 23.4 Å². The number of halogens is 4. The zero-order chi connectivity index (χ0) is 20.5. The molecule has 11 heteroatoms. The van der Waals surface area contributed by atoms with Gasteiger partial charge in [-0.15, -0.1) is 10.2 Å². The molecule has 0 saturated carbocycles. The van der Waals surface area contributed by atoms with E-state index in [1.165, 1.54) is 17.8 Å². The van der Waals surface area contributed by atoms with Gasteiger partial charge in [-0.05, 0) is 37.3 Å². The Bertz CT molecular complexity index is 873. The number of nitrogens with zero attached hydrogens (tertiary/aromatic N) is 4. The zero-order valence-electron chi connectivity index (χ0n) is 15.3. The fourth-order valence-electron chi connectivity index (χ4n) is 3.25. The van der Waals surface area contributed by atoms with E-state index in [9.17, 15) is 18.0 Å². The predicted molar refractivity (Wildman–Crippen MR) is 102 cm³/mol. The summed E-state index contributed by atoms with van der Waals surface area (Å²) in [6.45, 7) is 0.946. The molecule has 1 saturated heterocycles. The first-order valence-electron chi connectivity index (χ1n) is 8.56. The van der Waals surface area contributed by atoms with Crippen LogP contribution in [0.5, 0.6) is 0 Å². The number of nitrogens with one attached hydrogen (secondary N) is 1. The van der Waals surface area contributed by atoms with Crippen molar-refractivity contribution in [2.75, 3.05) is 24.7 Å². The first-order valence-corrected chi connectivity index (χ1v) is 10.2. The average Bonchev–Trinajstić information content (AvgIpc) is 3.03. The fourth-order valence-corrected chi connectivity index (χ4v) is 3.97. The van der Waals surface area contributed by atoms with Gasteiger partial charge in [0.1, 0.15) is 5.82 Å². The monoisotopic (exact) mass is 433 g/mol. The Morgan fingerprint density at radius 1 is 1.36 bits per heavy atom. The number of carbonyl (C=O) groups is 1. The molecule has 1 unspecified atom stereocenters. The largest absolute Gasteiger partial charge is 0.417 e. The number of urea groups is 1. The van der Waals surface area contributed by atoms with Crippen molar-refractivity contribution in [2.24, 2.45) is 7.05 Å².